The molecule has 8 aromatic rings. The molecule has 0 radical (unpaired) electrons. The first-order valence-corrected chi connectivity index (χ1v) is 17.3. The third-order valence-corrected chi connectivity index (χ3v) is 10.0. The molecular formula is C38H29Cl2N7O4. The van der Waals surface area contributed by atoms with E-state index in [0.29, 0.717) is 78.4 Å². The maximum absolute atomic E-state index is 13.7. The van der Waals surface area contributed by atoms with Crippen LogP contribution in [-0.4, -0.2) is 43.7 Å². The van der Waals surface area contributed by atoms with Gasteiger partial charge in [-0.25, -0.2) is 9.59 Å². The van der Waals surface area contributed by atoms with Crippen molar-refractivity contribution in [3.63, 3.8) is 0 Å². The van der Waals surface area contributed by atoms with Crippen molar-refractivity contribution in [3.8, 4) is 11.4 Å². The molecule has 9 rings (SSSR count). The molecule has 1 saturated carbocycles. The average Bonchev–Trinajstić information content (AvgIpc) is 3.57. The topological polar surface area (TPSA) is 124 Å². The Hall–Kier alpha value is -5.65. The molecule has 0 saturated heterocycles. The fraction of sp³-hybridized carbons (Fsp3) is 0.184. The van der Waals surface area contributed by atoms with E-state index < -0.39 is 11.4 Å². The minimum absolute atomic E-state index is 0.0507. The number of halogens is 2. The van der Waals surface area contributed by atoms with Gasteiger partial charge in [0.25, 0.3) is 0 Å². The van der Waals surface area contributed by atoms with Crippen molar-refractivity contribution in [2.45, 2.75) is 25.8 Å². The zero-order chi connectivity index (χ0) is 35.0. The van der Waals surface area contributed by atoms with Crippen molar-refractivity contribution < 1.29 is 8.83 Å². The standard InChI is InChI=1S/C38H29Cl2N7O4/c1-3-45(2)36-34-32(27-18-23(40)10-12-30(27)51-34)46(38(49)44-36)24-7-4-6-20(15-24)14-21-16-28(21)42-35-33-31(26-17-22(39)9-11-29(26)50-33)47(37(48)43-35)25-8-5-13-41-19-25/h4-13,15,17-19,21,28H,3,14,16H2,1-2H3,(H,42,43,48). The predicted octanol–water partition coefficient (Wildman–Crippen LogP) is 7.78. The number of benzene rings is 3. The average molecular weight is 719 g/mol. The lowest BCUT2D eigenvalue weighted by atomic mass is 10.1. The summed E-state index contributed by atoms with van der Waals surface area (Å²) in [6.07, 6.45) is 4.85. The van der Waals surface area contributed by atoms with Gasteiger partial charge in [-0.15, -0.1) is 0 Å². The Labute approximate surface area is 299 Å². The Bertz CT molecular complexity index is 2790. The van der Waals surface area contributed by atoms with Crippen molar-refractivity contribution in [2.24, 2.45) is 5.92 Å². The highest BCUT2D eigenvalue weighted by molar-refractivity contribution is 6.32. The van der Waals surface area contributed by atoms with Gasteiger partial charge in [0, 0.05) is 46.6 Å². The van der Waals surface area contributed by atoms with E-state index in [1.54, 1.807) is 53.4 Å². The van der Waals surface area contributed by atoms with Crippen molar-refractivity contribution in [3.05, 3.63) is 122 Å². The van der Waals surface area contributed by atoms with Crippen LogP contribution in [0.25, 0.3) is 55.5 Å². The SMILES string of the molecule is CCN(C)c1nc(=O)n(-c2cccc(CC3CC3Nc3nc(=O)n(-c4cccnc4)c4c3oc3ccc(Cl)cc34)c2)c2c1oc1ccc(Cl)cc12. The van der Waals surface area contributed by atoms with Crippen molar-refractivity contribution >= 4 is 79.0 Å². The number of furan rings is 2. The van der Waals surface area contributed by atoms with Crippen LogP contribution in [0.15, 0.2) is 104 Å². The first-order chi connectivity index (χ1) is 24.8. The quantitative estimate of drug-likeness (QED) is 0.168. The van der Waals surface area contributed by atoms with Gasteiger partial charge in [-0.3, -0.25) is 14.1 Å². The number of nitrogens with one attached hydrogen (secondary N) is 1. The van der Waals surface area contributed by atoms with Gasteiger partial charge in [0.05, 0.1) is 17.6 Å². The molecule has 3 aromatic carbocycles. The van der Waals surface area contributed by atoms with Gasteiger partial charge in [-0.05, 0) is 91.9 Å². The van der Waals surface area contributed by atoms with Crippen molar-refractivity contribution in [1.82, 2.24) is 24.1 Å². The Balaban J connectivity index is 1.05. The molecular weight excluding hydrogens is 689 g/mol. The summed E-state index contributed by atoms with van der Waals surface area (Å²) in [7, 11) is 1.88. The number of hydrogen-bond donors (Lipinski definition) is 1. The van der Waals surface area contributed by atoms with E-state index in [-0.39, 0.29) is 12.0 Å². The lowest BCUT2D eigenvalue weighted by Gasteiger charge is -2.17. The van der Waals surface area contributed by atoms with Crippen molar-refractivity contribution in [1.29, 1.82) is 0 Å². The lowest BCUT2D eigenvalue weighted by molar-refractivity contribution is 0.660. The molecule has 5 aromatic heterocycles. The third-order valence-electron chi connectivity index (χ3n) is 9.56. The highest BCUT2D eigenvalue weighted by Gasteiger charge is 2.38. The monoisotopic (exact) mass is 717 g/mol. The second-order valence-electron chi connectivity index (χ2n) is 12.8. The molecule has 2 unspecified atom stereocenters. The maximum atomic E-state index is 13.7. The molecule has 0 bridgehead atoms. The predicted molar refractivity (Wildman–Crippen MR) is 200 cm³/mol. The molecule has 51 heavy (non-hydrogen) atoms. The molecule has 5 heterocycles. The fourth-order valence-electron chi connectivity index (χ4n) is 6.87. The van der Waals surface area contributed by atoms with Crippen LogP contribution < -0.4 is 21.6 Å². The highest BCUT2D eigenvalue weighted by atomic mass is 35.5. The Morgan fingerprint density at radius 3 is 2.22 bits per heavy atom. The van der Waals surface area contributed by atoms with Gasteiger partial charge in [0.15, 0.2) is 22.8 Å². The van der Waals surface area contributed by atoms with E-state index >= 15 is 0 Å². The zero-order valence-electron chi connectivity index (χ0n) is 27.4. The van der Waals surface area contributed by atoms with Gasteiger partial charge in [-0.1, -0.05) is 35.3 Å². The van der Waals surface area contributed by atoms with Crippen LogP contribution in [0, 0.1) is 5.92 Å². The van der Waals surface area contributed by atoms with E-state index in [1.165, 1.54) is 4.57 Å². The molecule has 1 N–H and O–H groups in total. The molecule has 0 aliphatic heterocycles. The summed E-state index contributed by atoms with van der Waals surface area (Å²) in [6.45, 7) is 2.63. The summed E-state index contributed by atoms with van der Waals surface area (Å²) in [5.41, 5.74) is 4.81. The Morgan fingerprint density at radius 1 is 0.843 bits per heavy atom. The molecule has 0 spiro atoms. The summed E-state index contributed by atoms with van der Waals surface area (Å²) in [4.78, 5) is 42.3. The van der Waals surface area contributed by atoms with Gasteiger partial charge in [-0.2, -0.15) is 9.97 Å². The number of pyridine rings is 1. The lowest BCUT2D eigenvalue weighted by Crippen LogP contribution is -2.27. The van der Waals surface area contributed by atoms with Crippen LogP contribution in [0.4, 0.5) is 11.6 Å². The van der Waals surface area contributed by atoms with E-state index in [9.17, 15) is 9.59 Å². The molecule has 254 valence electrons. The molecule has 11 nitrogen and oxygen atoms in total. The second kappa shape index (κ2) is 12.0. The molecule has 2 atom stereocenters. The third kappa shape index (κ3) is 5.31. The summed E-state index contributed by atoms with van der Waals surface area (Å²) >= 11 is 12.8. The number of aromatic nitrogens is 5. The molecule has 1 aliphatic rings. The van der Waals surface area contributed by atoms with Crippen LogP contribution >= 0.6 is 23.2 Å². The number of hydrogen-bond acceptors (Lipinski definition) is 9. The molecule has 1 aliphatic carbocycles. The number of nitrogens with zero attached hydrogens (tertiary/aromatic N) is 6. The van der Waals surface area contributed by atoms with Gasteiger partial charge < -0.3 is 19.1 Å². The maximum Gasteiger partial charge on any atom is 0.354 e. The van der Waals surface area contributed by atoms with Crippen LogP contribution in [0.3, 0.4) is 0 Å². The summed E-state index contributed by atoms with van der Waals surface area (Å²) in [5.74, 6) is 1.11. The van der Waals surface area contributed by atoms with Gasteiger partial charge >= 0.3 is 11.4 Å². The second-order valence-corrected chi connectivity index (χ2v) is 13.7. The first kappa shape index (κ1) is 31.3. The normalized spacial score (nSPS) is 15.7. The van der Waals surface area contributed by atoms with Crippen LogP contribution in [0.2, 0.25) is 10.0 Å². The smallest absolute Gasteiger partial charge is 0.354 e. The molecule has 1 fully saturated rings. The summed E-state index contributed by atoms with van der Waals surface area (Å²) in [6, 6.07) is 22.2. The molecule has 13 heteroatoms. The van der Waals surface area contributed by atoms with E-state index in [4.69, 9.17) is 32.0 Å². The fourth-order valence-corrected chi connectivity index (χ4v) is 7.22. The van der Waals surface area contributed by atoms with Gasteiger partial charge in [0.2, 0.25) is 0 Å². The van der Waals surface area contributed by atoms with Crippen LogP contribution in [0.5, 0.6) is 0 Å². The van der Waals surface area contributed by atoms with Crippen molar-refractivity contribution in [2.75, 3.05) is 23.8 Å². The van der Waals surface area contributed by atoms with E-state index in [1.807, 2.05) is 55.3 Å². The van der Waals surface area contributed by atoms with Gasteiger partial charge in [0.1, 0.15) is 22.2 Å². The largest absolute Gasteiger partial charge is 0.450 e. The Kier molecular flexibility index (Phi) is 7.37. The number of fused-ring (bicyclic) bond motifs is 6. The minimum atomic E-state index is -0.458. The van der Waals surface area contributed by atoms with Crippen LogP contribution in [0.1, 0.15) is 18.9 Å². The minimum Gasteiger partial charge on any atom is -0.450 e. The number of anilines is 2. The van der Waals surface area contributed by atoms with E-state index in [2.05, 4.69) is 20.3 Å². The van der Waals surface area contributed by atoms with Crippen LogP contribution in [-0.2, 0) is 6.42 Å². The zero-order valence-corrected chi connectivity index (χ0v) is 28.9. The van der Waals surface area contributed by atoms with E-state index in [0.717, 1.165) is 23.8 Å². The Morgan fingerprint density at radius 2 is 1.51 bits per heavy atom. The molecule has 0 amide bonds. The number of rotatable bonds is 8. The first-order valence-electron chi connectivity index (χ1n) is 16.5. The highest BCUT2D eigenvalue weighted by Crippen LogP contribution is 2.40. The summed E-state index contributed by atoms with van der Waals surface area (Å²) < 4.78 is 15.7. The summed E-state index contributed by atoms with van der Waals surface area (Å²) in [5, 5.41) is 5.99.